The Morgan fingerprint density at radius 1 is 0.950 bits per heavy atom. The first kappa shape index (κ1) is 12.5. The summed E-state index contributed by atoms with van der Waals surface area (Å²) >= 11 is 0. The molecular weight excluding hydrogens is 251 g/mol. The van der Waals surface area contributed by atoms with E-state index in [-0.39, 0.29) is 5.82 Å². The van der Waals surface area contributed by atoms with Gasteiger partial charge in [0.1, 0.15) is 11.5 Å². The lowest BCUT2D eigenvalue weighted by atomic mass is 10.1. The molecule has 1 aromatic heterocycles. The normalized spacial score (nSPS) is 10.4. The fraction of sp³-hybridized carbons (Fsp3) is 0.0588. The van der Waals surface area contributed by atoms with Gasteiger partial charge in [-0.25, -0.2) is 9.37 Å². The van der Waals surface area contributed by atoms with E-state index < -0.39 is 0 Å². The van der Waals surface area contributed by atoms with Gasteiger partial charge in [-0.05, 0) is 12.1 Å². The summed E-state index contributed by atoms with van der Waals surface area (Å²) < 4.78 is 15.8. The highest BCUT2D eigenvalue weighted by molar-refractivity contribution is 5.57. The molecule has 0 saturated heterocycles. The van der Waals surface area contributed by atoms with Crippen LogP contribution in [0, 0.1) is 5.82 Å². The Morgan fingerprint density at radius 3 is 2.50 bits per heavy atom. The highest BCUT2D eigenvalue weighted by Gasteiger charge is 2.10. The zero-order valence-electron chi connectivity index (χ0n) is 10.9. The van der Waals surface area contributed by atoms with Crippen LogP contribution in [0.25, 0.3) is 11.3 Å². The van der Waals surface area contributed by atoms with Crippen molar-refractivity contribution in [2.45, 2.75) is 6.54 Å². The van der Waals surface area contributed by atoms with Gasteiger partial charge in [0.25, 0.3) is 0 Å². The topological polar surface area (TPSA) is 16.8 Å². The molecule has 2 aromatic carbocycles. The molecule has 2 nitrogen and oxygen atoms in total. The maximum absolute atomic E-state index is 13.8. The first-order chi connectivity index (χ1) is 9.83. The molecule has 0 aliphatic carbocycles. The number of benzene rings is 2. The second kappa shape index (κ2) is 5.61. The summed E-state index contributed by atoms with van der Waals surface area (Å²) in [6.45, 7) is 0.741. The molecule has 0 aliphatic rings. The second-order valence-electron chi connectivity index (χ2n) is 4.58. The summed E-state index contributed by atoms with van der Waals surface area (Å²) in [6.07, 6.45) is 5.45. The molecule has 0 radical (unpaired) electrons. The van der Waals surface area contributed by atoms with Crippen molar-refractivity contribution in [1.82, 2.24) is 4.98 Å². The molecule has 0 fully saturated rings. The Morgan fingerprint density at radius 2 is 1.70 bits per heavy atom. The number of hydrogen-bond donors (Lipinski definition) is 0. The molecule has 98 valence electrons. The van der Waals surface area contributed by atoms with Crippen LogP contribution in [0.1, 0.15) is 5.56 Å². The molecule has 0 N–H and O–H groups in total. The van der Waals surface area contributed by atoms with Crippen molar-refractivity contribution in [2.75, 3.05) is 0 Å². The average molecular weight is 265 g/mol. The molecule has 3 heteroatoms. The minimum Gasteiger partial charge on any atom is -0.244 e. The van der Waals surface area contributed by atoms with E-state index >= 15 is 0 Å². The molecule has 0 bridgehead atoms. The maximum atomic E-state index is 13.8. The summed E-state index contributed by atoms with van der Waals surface area (Å²) in [6, 6.07) is 16.8. The minimum absolute atomic E-state index is 0.252. The Bertz CT molecular complexity index is 711. The lowest BCUT2D eigenvalue weighted by molar-refractivity contribution is -0.688. The number of aromatic nitrogens is 2. The molecular formula is C17H14FN2+. The van der Waals surface area contributed by atoms with E-state index in [1.54, 1.807) is 18.3 Å². The SMILES string of the molecule is Fc1ccccc1-c1c[n+](Cc2ccccc2)ccn1. The van der Waals surface area contributed by atoms with Crippen LogP contribution in [-0.4, -0.2) is 4.98 Å². The van der Waals surface area contributed by atoms with Gasteiger partial charge in [-0.1, -0.05) is 42.5 Å². The third kappa shape index (κ3) is 2.72. The highest BCUT2D eigenvalue weighted by Crippen LogP contribution is 2.18. The summed E-state index contributed by atoms with van der Waals surface area (Å²) in [5.74, 6) is -0.252. The zero-order chi connectivity index (χ0) is 13.8. The van der Waals surface area contributed by atoms with E-state index in [9.17, 15) is 4.39 Å². The molecule has 0 aliphatic heterocycles. The van der Waals surface area contributed by atoms with Crippen LogP contribution < -0.4 is 4.57 Å². The minimum atomic E-state index is -0.252. The van der Waals surface area contributed by atoms with Gasteiger partial charge >= 0.3 is 0 Å². The Kier molecular flexibility index (Phi) is 3.50. The van der Waals surface area contributed by atoms with Crippen molar-refractivity contribution in [3.63, 3.8) is 0 Å². The van der Waals surface area contributed by atoms with Gasteiger partial charge in [-0.3, -0.25) is 0 Å². The molecule has 0 saturated carbocycles. The maximum Gasteiger partial charge on any atom is 0.195 e. The fourth-order valence-electron chi connectivity index (χ4n) is 2.13. The van der Waals surface area contributed by atoms with Gasteiger partial charge in [0.15, 0.2) is 18.9 Å². The number of halogens is 1. The monoisotopic (exact) mass is 265 g/mol. The van der Waals surface area contributed by atoms with Gasteiger partial charge < -0.3 is 0 Å². The standard InChI is InChI=1S/C17H14FN2/c18-16-9-5-4-8-15(16)17-13-20(11-10-19-17)12-14-6-2-1-3-7-14/h1-11,13H,12H2/q+1. The van der Waals surface area contributed by atoms with Crippen LogP contribution in [-0.2, 0) is 6.54 Å². The van der Waals surface area contributed by atoms with Crippen molar-refractivity contribution in [1.29, 1.82) is 0 Å². The van der Waals surface area contributed by atoms with Crippen LogP contribution in [0.5, 0.6) is 0 Å². The third-order valence-corrected chi connectivity index (χ3v) is 3.12. The van der Waals surface area contributed by atoms with Crippen LogP contribution in [0.4, 0.5) is 4.39 Å². The highest BCUT2D eigenvalue weighted by atomic mass is 19.1. The summed E-state index contributed by atoms with van der Waals surface area (Å²) in [4.78, 5) is 4.25. The molecule has 0 amide bonds. The van der Waals surface area contributed by atoms with Crippen molar-refractivity contribution < 1.29 is 8.96 Å². The van der Waals surface area contributed by atoms with Crippen molar-refractivity contribution in [2.24, 2.45) is 0 Å². The van der Waals surface area contributed by atoms with Crippen LogP contribution in [0.2, 0.25) is 0 Å². The van der Waals surface area contributed by atoms with Gasteiger partial charge in [0, 0.05) is 11.1 Å². The van der Waals surface area contributed by atoms with Crippen molar-refractivity contribution in [3.8, 4) is 11.3 Å². The molecule has 3 aromatic rings. The summed E-state index contributed by atoms with van der Waals surface area (Å²) in [5, 5.41) is 0. The fourth-order valence-corrected chi connectivity index (χ4v) is 2.13. The lowest BCUT2D eigenvalue weighted by Gasteiger charge is -2.02. The smallest absolute Gasteiger partial charge is 0.195 e. The predicted octanol–water partition coefficient (Wildman–Crippen LogP) is 3.22. The predicted molar refractivity (Wildman–Crippen MR) is 75.4 cm³/mol. The van der Waals surface area contributed by atoms with Crippen molar-refractivity contribution >= 4 is 0 Å². The number of rotatable bonds is 3. The molecule has 0 unspecified atom stereocenters. The van der Waals surface area contributed by atoms with E-state index in [1.165, 1.54) is 11.6 Å². The Balaban J connectivity index is 1.92. The van der Waals surface area contributed by atoms with Crippen LogP contribution in [0.15, 0.2) is 73.2 Å². The lowest BCUT2D eigenvalue weighted by Crippen LogP contribution is -2.33. The number of hydrogen-bond acceptors (Lipinski definition) is 1. The first-order valence-corrected chi connectivity index (χ1v) is 6.47. The van der Waals surface area contributed by atoms with Gasteiger partial charge in [-0.2, -0.15) is 4.57 Å². The largest absolute Gasteiger partial charge is 0.244 e. The van der Waals surface area contributed by atoms with Crippen LogP contribution in [0.3, 0.4) is 0 Å². The quantitative estimate of drug-likeness (QED) is 0.664. The molecule has 20 heavy (non-hydrogen) atoms. The van der Waals surface area contributed by atoms with E-state index in [2.05, 4.69) is 17.1 Å². The van der Waals surface area contributed by atoms with Gasteiger partial charge in [0.05, 0.1) is 6.20 Å². The summed E-state index contributed by atoms with van der Waals surface area (Å²) in [5.41, 5.74) is 2.36. The zero-order valence-corrected chi connectivity index (χ0v) is 10.9. The number of nitrogens with zero attached hydrogens (tertiary/aromatic N) is 2. The molecule has 3 rings (SSSR count). The molecule has 0 spiro atoms. The van der Waals surface area contributed by atoms with E-state index in [0.29, 0.717) is 11.3 Å². The van der Waals surface area contributed by atoms with E-state index in [0.717, 1.165) is 6.54 Å². The Hall–Kier alpha value is -2.55. The van der Waals surface area contributed by atoms with Gasteiger partial charge in [0.2, 0.25) is 0 Å². The van der Waals surface area contributed by atoms with E-state index in [4.69, 9.17) is 0 Å². The molecule has 0 atom stereocenters. The summed E-state index contributed by atoms with van der Waals surface area (Å²) in [7, 11) is 0. The van der Waals surface area contributed by atoms with Gasteiger partial charge in [-0.15, -0.1) is 0 Å². The second-order valence-corrected chi connectivity index (χ2v) is 4.58. The van der Waals surface area contributed by atoms with E-state index in [1.807, 2.05) is 41.2 Å². The Labute approximate surface area is 117 Å². The molecule has 1 heterocycles. The first-order valence-electron chi connectivity index (χ1n) is 6.47. The third-order valence-electron chi connectivity index (χ3n) is 3.12. The average Bonchev–Trinajstić information content (AvgIpc) is 2.49. The van der Waals surface area contributed by atoms with Crippen LogP contribution >= 0.6 is 0 Å². The van der Waals surface area contributed by atoms with Crippen molar-refractivity contribution in [3.05, 3.63) is 84.6 Å².